The SMILES string of the molecule is COC(=O)[C@@H](CCSC)NC(=O)c1ccc(Cl)cc1F. The van der Waals surface area contributed by atoms with Crippen molar-refractivity contribution in [2.75, 3.05) is 19.1 Å². The van der Waals surface area contributed by atoms with Crippen LogP contribution in [0.5, 0.6) is 0 Å². The number of nitrogens with one attached hydrogen (secondary N) is 1. The van der Waals surface area contributed by atoms with Crippen molar-refractivity contribution in [2.45, 2.75) is 12.5 Å². The molecule has 0 spiro atoms. The molecular weight excluding hydrogens is 305 g/mol. The molecule has 1 rings (SSSR count). The first-order valence-electron chi connectivity index (χ1n) is 5.82. The second-order valence-corrected chi connectivity index (χ2v) is 5.38. The number of amides is 1. The van der Waals surface area contributed by atoms with Crippen molar-refractivity contribution in [1.29, 1.82) is 0 Å². The number of carbonyl (C=O) groups is 2. The van der Waals surface area contributed by atoms with E-state index in [1.165, 1.54) is 31.0 Å². The molecule has 1 amide bonds. The Morgan fingerprint density at radius 3 is 2.75 bits per heavy atom. The lowest BCUT2D eigenvalue weighted by molar-refractivity contribution is -0.142. The fourth-order valence-corrected chi connectivity index (χ4v) is 2.17. The van der Waals surface area contributed by atoms with Crippen LogP contribution < -0.4 is 5.32 Å². The van der Waals surface area contributed by atoms with Crippen LogP contribution in [-0.2, 0) is 9.53 Å². The maximum absolute atomic E-state index is 13.6. The Morgan fingerprint density at radius 1 is 1.50 bits per heavy atom. The first-order valence-corrected chi connectivity index (χ1v) is 7.59. The Kier molecular flexibility index (Phi) is 6.81. The first-order chi connectivity index (χ1) is 9.49. The molecule has 4 nitrogen and oxygen atoms in total. The first kappa shape index (κ1) is 16.8. The number of rotatable bonds is 6. The number of esters is 1. The summed E-state index contributed by atoms with van der Waals surface area (Å²) in [5, 5.41) is 2.67. The Bertz CT molecular complexity index is 499. The molecule has 0 saturated heterocycles. The minimum Gasteiger partial charge on any atom is -0.467 e. The largest absolute Gasteiger partial charge is 0.467 e. The molecule has 1 aromatic rings. The minimum atomic E-state index is -0.796. The van der Waals surface area contributed by atoms with Gasteiger partial charge >= 0.3 is 5.97 Å². The maximum Gasteiger partial charge on any atom is 0.328 e. The van der Waals surface area contributed by atoms with E-state index in [4.69, 9.17) is 11.6 Å². The highest BCUT2D eigenvalue weighted by molar-refractivity contribution is 7.98. The van der Waals surface area contributed by atoms with Gasteiger partial charge in [0.1, 0.15) is 11.9 Å². The fraction of sp³-hybridized carbons (Fsp3) is 0.385. The van der Waals surface area contributed by atoms with Crippen molar-refractivity contribution in [2.24, 2.45) is 0 Å². The summed E-state index contributed by atoms with van der Waals surface area (Å²) in [6, 6.07) is 2.94. The lowest BCUT2D eigenvalue weighted by Crippen LogP contribution is -2.42. The van der Waals surface area contributed by atoms with Crippen molar-refractivity contribution in [1.82, 2.24) is 5.32 Å². The van der Waals surface area contributed by atoms with Crippen LogP contribution in [0.15, 0.2) is 18.2 Å². The van der Waals surface area contributed by atoms with Crippen LogP contribution in [0, 0.1) is 5.82 Å². The molecule has 0 aliphatic carbocycles. The molecule has 1 N–H and O–H groups in total. The van der Waals surface area contributed by atoms with Crippen molar-refractivity contribution < 1.29 is 18.7 Å². The van der Waals surface area contributed by atoms with Crippen LogP contribution in [0.25, 0.3) is 0 Å². The van der Waals surface area contributed by atoms with Crippen LogP contribution in [0.3, 0.4) is 0 Å². The summed E-state index contributed by atoms with van der Waals surface area (Å²) >= 11 is 7.16. The number of halogens is 2. The summed E-state index contributed by atoms with van der Waals surface area (Å²) in [5.74, 6) is -1.29. The van der Waals surface area contributed by atoms with Gasteiger partial charge in [-0.3, -0.25) is 4.79 Å². The smallest absolute Gasteiger partial charge is 0.328 e. The van der Waals surface area contributed by atoms with Gasteiger partial charge < -0.3 is 10.1 Å². The van der Waals surface area contributed by atoms with Crippen molar-refractivity contribution in [3.8, 4) is 0 Å². The van der Waals surface area contributed by atoms with E-state index in [2.05, 4.69) is 10.1 Å². The molecule has 0 aliphatic rings. The number of ether oxygens (including phenoxy) is 1. The highest BCUT2D eigenvalue weighted by atomic mass is 35.5. The fourth-order valence-electron chi connectivity index (χ4n) is 1.54. The van der Waals surface area contributed by atoms with Gasteiger partial charge in [-0.1, -0.05) is 11.6 Å². The number of thioether (sulfide) groups is 1. The van der Waals surface area contributed by atoms with Gasteiger partial charge in [0.2, 0.25) is 0 Å². The van der Waals surface area contributed by atoms with E-state index >= 15 is 0 Å². The second-order valence-electron chi connectivity index (χ2n) is 3.95. The third-order valence-electron chi connectivity index (χ3n) is 2.58. The van der Waals surface area contributed by atoms with Crippen LogP contribution in [-0.4, -0.2) is 37.0 Å². The number of benzene rings is 1. The van der Waals surface area contributed by atoms with Gasteiger partial charge in [0.25, 0.3) is 5.91 Å². The normalized spacial score (nSPS) is 11.8. The van der Waals surface area contributed by atoms with Crippen molar-refractivity contribution >= 4 is 35.2 Å². The van der Waals surface area contributed by atoms with Gasteiger partial charge in [0.15, 0.2) is 0 Å². The molecule has 7 heteroatoms. The zero-order valence-corrected chi connectivity index (χ0v) is 12.7. The van der Waals surface area contributed by atoms with Gasteiger partial charge in [-0.25, -0.2) is 9.18 Å². The van der Waals surface area contributed by atoms with E-state index in [0.29, 0.717) is 12.2 Å². The molecule has 0 aliphatic heterocycles. The Labute approximate surface area is 126 Å². The molecule has 0 aromatic heterocycles. The summed E-state index contributed by atoms with van der Waals surface area (Å²) in [5.41, 5.74) is -0.160. The lowest BCUT2D eigenvalue weighted by Gasteiger charge is -2.16. The topological polar surface area (TPSA) is 55.4 Å². The van der Waals surface area contributed by atoms with Crippen LogP contribution in [0.1, 0.15) is 16.8 Å². The van der Waals surface area contributed by atoms with Crippen molar-refractivity contribution in [3.63, 3.8) is 0 Å². The molecule has 0 heterocycles. The molecule has 20 heavy (non-hydrogen) atoms. The predicted molar refractivity (Wildman–Crippen MR) is 77.7 cm³/mol. The van der Waals surface area contributed by atoms with E-state index in [0.717, 1.165) is 6.07 Å². The molecule has 0 radical (unpaired) electrons. The lowest BCUT2D eigenvalue weighted by atomic mass is 10.1. The van der Waals surface area contributed by atoms with Gasteiger partial charge in [0.05, 0.1) is 12.7 Å². The molecule has 0 saturated carbocycles. The summed E-state index contributed by atoms with van der Waals surface area (Å²) in [6.07, 6.45) is 2.30. The van der Waals surface area contributed by atoms with E-state index < -0.39 is 23.7 Å². The monoisotopic (exact) mass is 319 g/mol. The summed E-state index contributed by atoms with van der Waals surface area (Å²) in [6.45, 7) is 0. The summed E-state index contributed by atoms with van der Waals surface area (Å²) < 4.78 is 18.2. The van der Waals surface area contributed by atoms with Crippen LogP contribution in [0.4, 0.5) is 4.39 Å². The molecule has 0 bridgehead atoms. The third kappa shape index (κ3) is 4.68. The van der Waals surface area contributed by atoms with Crippen molar-refractivity contribution in [3.05, 3.63) is 34.6 Å². The average molecular weight is 320 g/mol. The Balaban J connectivity index is 2.81. The van der Waals surface area contributed by atoms with E-state index in [1.54, 1.807) is 0 Å². The maximum atomic E-state index is 13.6. The Hall–Kier alpha value is -1.27. The second kappa shape index (κ2) is 8.11. The number of hydrogen-bond acceptors (Lipinski definition) is 4. The highest BCUT2D eigenvalue weighted by Gasteiger charge is 2.23. The zero-order valence-electron chi connectivity index (χ0n) is 11.1. The number of hydrogen-bond donors (Lipinski definition) is 1. The molecule has 0 fully saturated rings. The molecule has 1 aromatic carbocycles. The zero-order chi connectivity index (χ0) is 15.1. The summed E-state index contributed by atoms with van der Waals surface area (Å²) in [7, 11) is 1.24. The van der Waals surface area contributed by atoms with E-state index in [1.807, 2.05) is 6.26 Å². The Morgan fingerprint density at radius 2 is 2.20 bits per heavy atom. The quantitative estimate of drug-likeness (QED) is 0.819. The highest BCUT2D eigenvalue weighted by Crippen LogP contribution is 2.15. The molecule has 1 atom stereocenters. The van der Waals surface area contributed by atoms with E-state index in [9.17, 15) is 14.0 Å². The van der Waals surface area contributed by atoms with Gasteiger partial charge in [-0.2, -0.15) is 11.8 Å². The predicted octanol–water partition coefficient (Wildman–Crippen LogP) is 2.50. The summed E-state index contributed by atoms with van der Waals surface area (Å²) in [4.78, 5) is 23.5. The molecule has 0 unspecified atom stereocenters. The van der Waals surface area contributed by atoms with Crippen LogP contribution in [0.2, 0.25) is 5.02 Å². The molecular formula is C13H15ClFNO3S. The van der Waals surface area contributed by atoms with E-state index in [-0.39, 0.29) is 10.6 Å². The standard InChI is InChI=1S/C13H15ClFNO3S/c1-19-13(18)11(5-6-20-2)16-12(17)9-4-3-8(14)7-10(9)15/h3-4,7,11H,5-6H2,1-2H3,(H,16,17)/t11-/m1/s1. The number of carbonyl (C=O) groups excluding carboxylic acids is 2. The van der Waals surface area contributed by atoms with Gasteiger partial charge in [-0.05, 0) is 36.6 Å². The molecule has 110 valence electrons. The average Bonchev–Trinajstić information content (AvgIpc) is 2.42. The van der Waals surface area contributed by atoms with Crippen LogP contribution >= 0.6 is 23.4 Å². The third-order valence-corrected chi connectivity index (χ3v) is 3.46. The number of methoxy groups -OCH3 is 1. The van der Waals surface area contributed by atoms with Gasteiger partial charge in [0, 0.05) is 5.02 Å². The van der Waals surface area contributed by atoms with Gasteiger partial charge in [-0.15, -0.1) is 0 Å². The minimum absolute atomic E-state index is 0.160.